The van der Waals surface area contributed by atoms with E-state index < -0.39 is 0 Å². The molecular weight excluding hydrogens is 120 g/mol. The number of allylic oxidation sites excluding steroid dienone is 5. The third-order valence-corrected chi connectivity index (χ3v) is 0.677. The summed E-state index contributed by atoms with van der Waals surface area (Å²) in [6, 6.07) is 0. The van der Waals surface area contributed by atoms with Crippen LogP contribution in [0.25, 0.3) is 0 Å². The fourth-order valence-corrected chi connectivity index (χ4v) is 0.136. The number of rotatable bonds is 2. The lowest BCUT2D eigenvalue weighted by molar-refractivity contribution is 1.58. The van der Waals surface area contributed by atoms with Crippen LogP contribution in [-0.4, -0.2) is 0 Å². The minimum absolute atomic E-state index is 1.02. The van der Waals surface area contributed by atoms with Gasteiger partial charge in [-0.1, -0.05) is 49.6 Å². The lowest BCUT2D eigenvalue weighted by atomic mass is 10.4. The van der Waals surface area contributed by atoms with E-state index in [1.165, 1.54) is 0 Å². The molecule has 0 saturated heterocycles. The Morgan fingerprint density at radius 3 is 1.70 bits per heavy atom. The van der Waals surface area contributed by atoms with Gasteiger partial charge in [0.05, 0.1) is 0 Å². The molecule has 0 heteroatoms. The zero-order chi connectivity index (χ0) is 8.41. The summed E-state index contributed by atoms with van der Waals surface area (Å²) in [6.45, 7) is 14.3. The summed E-state index contributed by atoms with van der Waals surface area (Å²) in [5, 5.41) is 0. The fraction of sp³-hybridized carbons (Fsp3) is 0.200. The van der Waals surface area contributed by atoms with Crippen LogP contribution >= 0.6 is 0 Å². The fourth-order valence-electron chi connectivity index (χ4n) is 0.136. The first-order valence-corrected chi connectivity index (χ1v) is 3.20. The van der Waals surface area contributed by atoms with Gasteiger partial charge >= 0.3 is 0 Å². The smallest absolute Gasteiger partial charge is 0.0404 e. The van der Waals surface area contributed by atoms with Crippen LogP contribution in [0.5, 0.6) is 0 Å². The van der Waals surface area contributed by atoms with Gasteiger partial charge < -0.3 is 0 Å². The molecule has 0 aliphatic heterocycles. The van der Waals surface area contributed by atoms with Crippen LogP contribution in [0.15, 0.2) is 49.6 Å². The monoisotopic (exact) mass is 136 g/mol. The third-order valence-electron chi connectivity index (χ3n) is 0.677. The molecule has 0 atom stereocenters. The average Bonchev–Trinajstić information content (AvgIpc) is 1.91. The molecule has 0 radical (unpaired) electrons. The van der Waals surface area contributed by atoms with Gasteiger partial charge in [0.15, 0.2) is 0 Å². The standard InChI is InChI=1S/2C5H8/c1-4-5(2)3;1-3-5-4-2/h4H,1-2H2,3H3;3-5H,1H2,2H3/b;5-4+. The van der Waals surface area contributed by atoms with Crippen LogP contribution < -0.4 is 0 Å². The zero-order valence-corrected chi connectivity index (χ0v) is 6.93. The van der Waals surface area contributed by atoms with Crippen LogP contribution in [0, 0.1) is 0 Å². The Balaban J connectivity index is 0. The van der Waals surface area contributed by atoms with Crippen molar-refractivity contribution in [1.82, 2.24) is 0 Å². The molecule has 0 spiro atoms. The van der Waals surface area contributed by atoms with Crippen molar-refractivity contribution in [1.29, 1.82) is 0 Å². The van der Waals surface area contributed by atoms with Crippen LogP contribution in [-0.2, 0) is 0 Å². The molecule has 0 heterocycles. The summed E-state index contributed by atoms with van der Waals surface area (Å²) in [7, 11) is 0. The van der Waals surface area contributed by atoms with Gasteiger partial charge in [-0.05, 0) is 13.8 Å². The molecular formula is C10H16. The highest BCUT2D eigenvalue weighted by atomic mass is 13.7. The van der Waals surface area contributed by atoms with E-state index in [1.54, 1.807) is 12.2 Å². The lowest BCUT2D eigenvalue weighted by Crippen LogP contribution is -1.50. The van der Waals surface area contributed by atoms with Crippen molar-refractivity contribution in [2.75, 3.05) is 0 Å². The predicted octanol–water partition coefficient (Wildman–Crippen LogP) is 3.50. The van der Waals surface area contributed by atoms with Crippen molar-refractivity contribution in [3.8, 4) is 0 Å². The molecule has 0 amide bonds. The highest BCUT2D eigenvalue weighted by Gasteiger charge is 1.59. The van der Waals surface area contributed by atoms with Gasteiger partial charge in [0.2, 0.25) is 0 Å². The quantitative estimate of drug-likeness (QED) is 0.510. The van der Waals surface area contributed by atoms with Crippen LogP contribution in [0.2, 0.25) is 0 Å². The Morgan fingerprint density at radius 1 is 1.30 bits per heavy atom. The Morgan fingerprint density at radius 2 is 1.70 bits per heavy atom. The Hall–Kier alpha value is -1.04. The van der Waals surface area contributed by atoms with E-state index in [2.05, 4.69) is 19.7 Å². The van der Waals surface area contributed by atoms with Gasteiger partial charge in [0.1, 0.15) is 0 Å². The van der Waals surface area contributed by atoms with Crippen molar-refractivity contribution in [3.05, 3.63) is 49.6 Å². The van der Waals surface area contributed by atoms with E-state index in [1.807, 2.05) is 26.0 Å². The topological polar surface area (TPSA) is 0 Å². The van der Waals surface area contributed by atoms with E-state index >= 15 is 0 Å². The maximum Gasteiger partial charge on any atom is -0.0404 e. The molecule has 0 aromatic carbocycles. The largest absolute Gasteiger partial charge is 0.0991 e. The molecule has 0 aromatic rings. The normalized spacial score (nSPS) is 7.80. The summed E-state index contributed by atoms with van der Waals surface area (Å²) in [4.78, 5) is 0. The summed E-state index contributed by atoms with van der Waals surface area (Å²) in [6.07, 6.45) is 7.30. The van der Waals surface area contributed by atoms with Gasteiger partial charge in [-0.15, -0.1) is 0 Å². The molecule has 0 saturated carbocycles. The molecule has 0 unspecified atom stereocenters. The van der Waals surface area contributed by atoms with Gasteiger partial charge in [0.25, 0.3) is 0 Å². The second-order valence-corrected chi connectivity index (χ2v) is 1.81. The molecule has 0 N–H and O–H groups in total. The van der Waals surface area contributed by atoms with Crippen molar-refractivity contribution in [3.63, 3.8) is 0 Å². The second-order valence-electron chi connectivity index (χ2n) is 1.81. The molecule has 0 bridgehead atoms. The van der Waals surface area contributed by atoms with E-state index in [4.69, 9.17) is 0 Å². The molecule has 0 aliphatic carbocycles. The second kappa shape index (κ2) is 10.9. The van der Waals surface area contributed by atoms with E-state index in [9.17, 15) is 0 Å². The lowest BCUT2D eigenvalue weighted by Gasteiger charge is -1.71. The molecule has 0 aliphatic rings. The minimum Gasteiger partial charge on any atom is -0.0991 e. The molecule has 0 fully saturated rings. The number of hydrogen-bond acceptors (Lipinski definition) is 0. The van der Waals surface area contributed by atoms with E-state index in [-0.39, 0.29) is 0 Å². The molecule has 56 valence electrons. The van der Waals surface area contributed by atoms with Gasteiger partial charge in [-0.25, -0.2) is 0 Å². The average molecular weight is 136 g/mol. The Kier molecular flexibility index (Phi) is 12.7. The highest BCUT2D eigenvalue weighted by Crippen LogP contribution is 1.81. The summed E-state index contributed by atoms with van der Waals surface area (Å²) < 4.78 is 0. The van der Waals surface area contributed by atoms with Crippen molar-refractivity contribution < 1.29 is 0 Å². The Labute approximate surface area is 64.3 Å². The highest BCUT2D eigenvalue weighted by molar-refractivity contribution is 5.05. The summed E-state index contributed by atoms with van der Waals surface area (Å²) in [5.41, 5.74) is 1.02. The first-order chi connectivity index (χ1) is 4.68. The summed E-state index contributed by atoms with van der Waals surface area (Å²) >= 11 is 0. The van der Waals surface area contributed by atoms with Gasteiger partial charge in [-0.2, -0.15) is 0 Å². The Bertz CT molecular complexity index is 127. The van der Waals surface area contributed by atoms with Crippen molar-refractivity contribution >= 4 is 0 Å². The SMILES string of the molecule is C=C/C=C/C.C=CC(=C)C. The minimum atomic E-state index is 1.02. The summed E-state index contributed by atoms with van der Waals surface area (Å²) in [5.74, 6) is 0. The van der Waals surface area contributed by atoms with Crippen molar-refractivity contribution in [2.24, 2.45) is 0 Å². The molecule has 0 aromatic heterocycles. The zero-order valence-electron chi connectivity index (χ0n) is 6.93. The molecule has 10 heavy (non-hydrogen) atoms. The third kappa shape index (κ3) is 28.2. The maximum atomic E-state index is 3.56. The van der Waals surface area contributed by atoms with Gasteiger partial charge in [0, 0.05) is 0 Å². The van der Waals surface area contributed by atoms with E-state index in [0.717, 1.165) is 5.57 Å². The van der Waals surface area contributed by atoms with Crippen LogP contribution in [0.3, 0.4) is 0 Å². The first-order valence-electron chi connectivity index (χ1n) is 3.20. The maximum absolute atomic E-state index is 3.56. The molecule has 0 nitrogen and oxygen atoms in total. The number of hydrogen-bond donors (Lipinski definition) is 0. The van der Waals surface area contributed by atoms with Crippen molar-refractivity contribution in [2.45, 2.75) is 13.8 Å². The van der Waals surface area contributed by atoms with Crippen LogP contribution in [0.4, 0.5) is 0 Å². The molecule has 0 rings (SSSR count). The van der Waals surface area contributed by atoms with Gasteiger partial charge in [-0.3, -0.25) is 0 Å². The van der Waals surface area contributed by atoms with E-state index in [0.29, 0.717) is 0 Å². The first kappa shape index (κ1) is 11.7. The predicted molar refractivity (Wildman–Crippen MR) is 50.0 cm³/mol. The van der Waals surface area contributed by atoms with Crippen LogP contribution in [0.1, 0.15) is 13.8 Å².